The lowest BCUT2D eigenvalue weighted by Crippen LogP contribution is -2.44. The monoisotopic (exact) mass is 300 g/mol. The van der Waals surface area contributed by atoms with E-state index in [-0.39, 0.29) is 0 Å². The summed E-state index contributed by atoms with van der Waals surface area (Å²) in [7, 11) is 5.67. The SMILES string of the molecule is CNCC1(CN(CCCOC)CCOC)CCCCCC1. The van der Waals surface area contributed by atoms with Crippen molar-refractivity contribution in [2.75, 3.05) is 60.7 Å². The summed E-state index contributed by atoms with van der Waals surface area (Å²) in [4.78, 5) is 2.59. The van der Waals surface area contributed by atoms with Crippen molar-refractivity contribution in [3.05, 3.63) is 0 Å². The molecule has 1 rings (SSSR count). The third kappa shape index (κ3) is 7.59. The molecule has 0 radical (unpaired) electrons. The predicted molar refractivity (Wildman–Crippen MR) is 88.9 cm³/mol. The zero-order chi connectivity index (χ0) is 15.4. The Bertz CT molecular complexity index is 241. The van der Waals surface area contributed by atoms with Gasteiger partial charge in [0.15, 0.2) is 0 Å². The minimum Gasteiger partial charge on any atom is -0.385 e. The minimum atomic E-state index is 0.450. The summed E-state index contributed by atoms with van der Waals surface area (Å²) in [5.74, 6) is 0. The van der Waals surface area contributed by atoms with Crippen LogP contribution in [-0.4, -0.2) is 65.6 Å². The Morgan fingerprint density at radius 1 is 0.952 bits per heavy atom. The van der Waals surface area contributed by atoms with Gasteiger partial charge in [0.05, 0.1) is 6.61 Å². The first kappa shape index (κ1) is 18.9. The molecule has 0 aliphatic heterocycles. The Morgan fingerprint density at radius 2 is 1.62 bits per heavy atom. The average Bonchev–Trinajstić information content (AvgIpc) is 2.71. The Morgan fingerprint density at radius 3 is 2.19 bits per heavy atom. The second-order valence-electron chi connectivity index (χ2n) is 6.56. The highest BCUT2D eigenvalue weighted by atomic mass is 16.5. The van der Waals surface area contributed by atoms with Gasteiger partial charge in [0, 0.05) is 47.0 Å². The first-order valence-corrected chi connectivity index (χ1v) is 8.61. The van der Waals surface area contributed by atoms with E-state index in [2.05, 4.69) is 17.3 Å². The third-order valence-electron chi connectivity index (χ3n) is 4.71. The quantitative estimate of drug-likeness (QED) is 0.470. The van der Waals surface area contributed by atoms with E-state index in [9.17, 15) is 0 Å². The van der Waals surface area contributed by atoms with Crippen LogP contribution in [0.3, 0.4) is 0 Å². The molecule has 126 valence electrons. The number of nitrogens with zero attached hydrogens (tertiary/aromatic N) is 1. The van der Waals surface area contributed by atoms with Crippen LogP contribution in [-0.2, 0) is 9.47 Å². The van der Waals surface area contributed by atoms with Crippen LogP contribution in [0, 0.1) is 5.41 Å². The second kappa shape index (κ2) is 11.4. The molecule has 0 amide bonds. The van der Waals surface area contributed by atoms with Crippen LogP contribution in [0.15, 0.2) is 0 Å². The van der Waals surface area contributed by atoms with Crippen molar-refractivity contribution >= 4 is 0 Å². The van der Waals surface area contributed by atoms with Crippen molar-refractivity contribution in [2.45, 2.75) is 44.9 Å². The Kier molecular flexibility index (Phi) is 10.3. The summed E-state index contributed by atoms with van der Waals surface area (Å²) in [6.45, 7) is 6.15. The fourth-order valence-corrected chi connectivity index (χ4v) is 3.64. The number of rotatable bonds is 11. The maximum Gasteiger partial charge on any atom is 0.0589 e. The normalized spacial score (nSPS) is 18.9. The van der Waals surface area contributed by atoms with Crippen LogP contribution in [0.4, 0.5) is 0 Å². The highest BCUT2D eigenvalue weighted by Gasteiger charge is 2.32. The number of nitrogens with one attached hydrogen (secondary N) is 1. The summed E-state index contributed by atoms with van der Waals surface area (Å²) in [5, 5.41) is 3.45. The summed E-state index contributed by atoms with van der Waals surface area (Å²) in [5.41, 5.74) is 0.450. The van der Waals surface area contributed by atoms with Crippen LogP contribution in [0.5, 0.6) is 0 Å². The highest BCUT2D eigenvalue weighted by molar-refractivity contribution is 4.86. The van der Waals surface area contributed by atoms with Crippen LogP contribution in [0.2, 0.25) is 0 Å². The second-order valence-corrected chi connectivity index (χ2v) is 6.56. The molecule has 1 fully saturated rings. The van der Waals surface area contributed by atoms with Crippen molar-refractivity contribution in [2.24, 2.45) is 5.41 Å². The third-order valence-corrected chi connectivity index (χ3v) is 4.71. The summed E-state index contributed by atoms with van der Waals surface area (Å²) in [6.07, 6.45) is 9.43. The van der Waals surface area contributed by atoms with Gasteiger partial charge >= 0.3 is 0 Å². The van der Waals surface area contributed by atoms with Gasteiger partial charge < -0.3 is 19.7 Å². The van der Waals surface area contributed by atoms with E-state index in [1.807, 2.05) is 0 Å². The summed E-state index contributed by atoms with van der Waals surface area (Å²) < 4.78 is 10.5. The molecule has 0 bridgehead atoms. The van der Waals surface area contributed by atoms with E-state index >= 15 is 0 Å². The molecule has 0 saturated heterocycles. The first-order valence-electron chi connectivity index (χ1n) is 8.61. The Balaban J connectivity index is 2.59. The standard InChI is InChI=1S/C17H36N2O2/c1-18-15-17(9-6-4-5-7-10-17)16-19(12-14-21-3)11-8-13-20-2/h18H,4-16H2,1-3H3. The number of ether oxygens (including phenoxy) is 2. The van der Waals surface area contributed by atoms with Crippen LogP contribution < -0.4 is 5.32 Å². The molecule has 0 atom stereocenters. The van der Waals surface area contributed by atoms with E-state index < -0.39 is 0 Å². The average molecular weight is 300 g/mol. The van der Waals surface area contributed by atoms with Gasteiger partial charge in [-0.3, -0.25) is 0 Å². The Labute approximate surface area is 131 Å². The number of hydrogen-bond donors (Lipinski definition) is 1. The van der Waals surface area contributed by atoms with E-state index in [0.717, 1.165) is 39.3 Å². The zero-order valence-corrected chi connectivity index (χ0v) is 14.5. The van der Waals surface area contributed by atoms with Crippen molar-refractivity contribution in [1.29, 1.82) is 0 Å². The van der Waals surface area contributed by atoms with Gasteiger partial charge in [-0.25, -0.2) is 0 Å². The lowest BCUT2D eigenvalue weighted by atomic mass is 9.79. The number of methoxy groups -OCH3 is 2. The van der Waals surface area contributed by atoms with Crippen molar-refractivity contribution in [1.82, 2.24) is 10.2 Å². The lowest BCUT2D eigenvalue weighted by molar-refractivity contribution is 0.0859. The maximum atomic E-state index is 5.30. The van der Waals surface area contributed by atoms with Gasteiger partial charge in [0.1, 0.15) is 0 Å². The Hall–Kier alpha value is -0.160. The van der Waals surface area contributed by atoms with Crippen molar-refractivity contribution in [3.63, 3.8) is 0 Å². The maximum absolute atomic E-state index is 5.30. The lowest BCUT2D eigenvalue weighted by Gasteiger charge is -2.38. The molecule has 1 N–H and O–H groups in total. The minimum absolute atomic E-state index is 0.450. The van der Waals surface area contributed by atoms with E-state index in [0.29, 0.717) is 5.41 Å². The molecule has 21 heavy (non-hydrogen) atoms. The van der Waals surface area contributed by atoms with E-state index in [4.69, 9.17) is 9.47 Å². The molecule has 0 aromatic carbocycles. The number of hydrogen-bond acceptors (Lipinski definition) is 4. The molecule has 0 unspecified atom stereocenters. The topological polar surface area (TPSA) is 33.7 Å². The summed E-state index contributed by atoms with van der Waals surface area (Å²) >= 11 is 0. The highest BCUT2D eigenvalue weighted by Crippen LogP contribution is 2.35. The van der Waals surface area contributed by atoms with Crippen LogP contribution >= 0.6 is 0 Å². The molecule has 1 saturated carbocycles. The molecule has 0 aromatic heterocycles. The summed E-state index contributed by atoms with van der Waals surface area (Å²) in [6, 6.07) is 0. The van der Waals surface area contributed by atoms with E-state index in [1.165, 1.54) is 45.1 Å². The van der Waals surface area contributed by atoms with E-state index in [1.54, 1.807) is 14.2 Å². The fraction of sp³-hybridized carbons (Fsp3) is 1.00. The van der Waals surface area contributed by atoms with Gasteiger partial charge in [-0.05, 0) is 31.7 Å². The molecule has 0 spiro atoms. The van der Waals surface area contributed by atoms with Crippen molar-refractivity contribution in [3.8, 4) is 0 Å². The zero-order valence-electron chi connectivity index (χ0n) is 14.5. The van der Waals surface area contributed by atoms with Crippen LogP contribution in [0.1, 0.15) is 44.9 Å². The molecule has 0 heterocycles. The molecule has 4 heteroatoms. The molecular weight excluding hydrogens is 264 g/mol. The molecule has 1 aliphatic carbocycles. The predicted octanol–water partition coefficient (Wildman–Crippen LogP) is 2.53. The molecule has 4 nitrogen and oxygen atoms in total. The molecule has 1 aliphatic rings. The van der Waals surface area contributed by atoms with Gasteiger partial charge in [-0.2, -0.15) is 0 Å². The molecule has 0 aromatic rings. The van der Waals surface area contributed by atoms with Gasteiger partial charge in [0.25, 0.3) is 0 Å². The fourth-order valence-electron chi connectivity index (χ4n) is 3.64. The smallest absolute Gasteiger partial charge is 0.0589 e. The van der Waals surface area contributed by atoms with Gasteiger partial charge in [0.2, 0.25) is 0 Å². The van der Waals surface area contributed by atoms with Gasteiger partial charge in [-0.15, -0.1) is 0 Å². The largest absolute Gasteiger partial charge is 0.385 e. The molecular formula is C17H36N2O2. The van der Waals surface area contributed by atoms with Crippen molar-refractivity contribution < 1.29 is 9.47 Å². The van der Waals surface area contributed by atoms with Crippen LogP contribution in [0.25, 0.3) is 0 Å². The first-order chi connectivity index (χ1) is 10.3. The van der Waals surface area contributed by atoms with Gasteiger partial charge in [-0.1, -0.05) is 25.7 Å².